The Morgan fingerprint density at radius 1 is 1.39 bits per heavy atom. The van der Waals surface area contributed by atoms with E-state index in [9.17, 15) is 0 Å². The molecule has 4 nitrogen and oxygen atoms in total. The maximum absolute atomic E-state index is 5.39. The molecule has 2 fully saturated rings. The zero-order valence-electron chi connectivity index (χ0n) is 13.8. The van der Waals surface area contributed by atoms with Crippen molar-refractivity contribution in [2.45, 2.75) is 38.6 Å². The van der Waals surface area contributed by atoms with Crippen molar-refractivity contribution >= 4 is 26.8 Å². The van der Waals surface area contributed by atoms with Crippen molar-refractivity contribution in [3.8, 4) is 5.75 Å². The molecule has 1 saturated heterocycles. The number of hydrogen-bond donors (Lipinski definition) is 1. The molecule has 1 aromatic carbocycles. The summed E-state index contributed by atoms with van der Waals surface area (Å²) in [6, 6.07) is 4.64. The number of hydrogen-bond acceptors (Lipinski definition) is 3. The van der Waals surface area contributed by atoms with Gasteiger partial charge in [0.2, 0.25) is 0 Å². The van der Waals surface area contributed by atoms with Gasteiger partial charge in [-0.25, -0.2) is 0 Å². The van der Waals surface area contributed by atoms with Crippen LogP contribution in [0, 0.1) is 11.3 Å². The smallest absolute Gasteiger partial charge is 0.135 e. The Balaban J connectivity index is 1.61. The Labute approximate surface area is 145 Å². The maximum atomic E-state index is 5.39. The van der Waals surface area contributed by atoms with Crippen molar-refractivity contribution in [1.29, 1.82) is 0 Å². The van der Waals surface area contributed by atoms with E-state index in [1.165, 1.54) is 44.2 Å². The first kappa shape index (κ1) is 15.5. The van der Waals surface area contributed by atoms with Gasteiger partial charge in [0.25, 0.3) is 0 Å². The molecule has 2 aromatic rings. The number of benzene rings is 1. The van der Waals surface area contributed by atoms with E-state index in [2.05, 4.69) is 45.1 Å². The van der Waals surface area contributed by atoms with E-state index in [1.54, 1.807) is 7.11 Å². The van der Waals surface area contributed by atoms with Crippen LogP contribution in [0.1, 0.15) is 38.6 Å². The molecule has 23 heavy (non-hydrogen) atoms. The Morgan fingerprint density at radius 3 is 2.96 bits per heavy atom. The van der Waals surface area contributed by atoms with E-state index in [0.717, 1.165) is 15.7 Å². The van der Waals surface area contributed by atoms with Gasteiger partial charge in [0, 0.05) is 24.2 Å². The van der Waals surface area contributed by atoms with E-state index >= 15 is 0 Å². The van der Waals surface area contributed by atoms with Gasteiger partial charge in [-0.2, -0.15) is 5.10 Å². The second-order valence-electron chi connectivity index (χ2n) is 7.37. The largest absolute Gasteiger partial charge is 0.495 e. The molecule has 2 heterocycles. The van der Waals surface area contributed by atoms with Crippen LogP contribution < -0.4 is 10.1 Å². The molecule has 3 atom stereocenters. The Morgan fingerprint density at radius 2 is 2.26 bits per heavy atom. The summed E-state index contributed by atoms with van der Waals surface area (Å²) in [5.74, 6) is 1.51. The van der Waals surface area contributed by atoms with Gasteiger partial charge in [-0.15, -0.1) is 0 Å². The van der Waals surface area contributed by atoms with Crippen molar-refractivity contribution in [2.24, 2.45) is 11.3 Å². The third-order valence-corrected chi connectivity index (χ3v) is 6.47. The molecule has 0 amide bonds. The highest BCUT2D eigenvalue weighted by molar-refractivity contribution is 9.10. The van der Waals surface area contributed by atoms with Gasteiger partial charge < -0.3 is 10.1 Å². The number of methoxy groups -OCH3 is 1. The Hall–Kier alpha value is -1.07. The van der Waals surface area contributed by atoms with Gasteiger partial charge in [-0.1, -0.05) is 6.92 Å². The summed E-state index contributed by atoms with van der Waals surface area (Å²) in [4.78, 5) is 0. The summed E-state index contributed by atoms with van der Waals surface area (Å²) in [5.41, 5.74) is 1.56. The first-order valence-electron chi connectivity index (χ1n) is 8.53. The van der Waals surface area contributed by atoms with Crippen LogP contribution in [0.15, 0.2) is 22.8 Å². The molecule has 1 saturated carbocycles. The SMILES string of the molecule is COc1cc2nn([C@@H]3CC[C@]4(CCNC4)C[C@@H]3C)cc2cc1Br. The number of halogens is 1. The normalized spacial score (nSPS) is 31.1. The van der Waals surface area contributed by atoms with Crippen molar-refractivity contribution in [1.82, 2.24) is 15.1 Å². The second kappa shape index (κ2) is 5.78. The van der Waals surface area contributed by atoms with Crippen LogP contribution in [0.2, 0.25) is 0 Å². The van der Waals surface area contributed by atoms with Crippen LogP contribution in [0.3, 0.4) is 0 Å². The molecule has 2 aliphatic rings. The van der Waals surface area contributed by atoms with Gasteiger partial charge in [0.1, 0.15) is 5.75 Å². The van der Waals surface area contributed by atoms with Gasteiger partial charge in [-0.3, -0.25) is 4.68 Å². The van der Waals surface area contributed by atoms with E-state index < -0.39 is 0 Å². The molecule has 0 bridgehead atoms. The first-order valence-corrected chi connectivity index (χ1v) is 9.33. The minimum Gasteiger partial charge on any atom is -0.495 e. The van der Waals surface area contributed by atoms with Crippen molar-refractivity contribution in [3.63, 3.8) is 0 Å². The number of nitrogens with one attached hydrogen (secondary N) is 1. The van der Waals surface area contributed by atoms with Gasteiger partial charge >= 0.3 is 0 Å². The standard InChI is InChI=1S/C18H24BrN3O/c1-12-9-18(5-6-20-11-18)4-3-16(12)22-10-13-7-14(19)17(23-2)8-15(13)21-22/h7-8,10,12,16,20H,3-6,9,11H2,1-2H3/t12-,16+,18-/m0/s1. The number of nitrogens with zero attached hydrogens (tertiary/aromatic N) is 2. The zero-order chi connectivity index (χ0) is 16.0. The second-order valence-corrected chi connectivity index (χ2v) is 8.22. The highest BCUT2D eigenvalue weighted by Gasteiger charge is 2.41. The molecule has 124 valence electrons. The van der Waals surface area contributed by atoms with Crippen molar-refractivity contribution < 1.29 is 4.74 Å². The predicted octanol–water partition coefficient (Wildman–Crippen LogP) is 4.15. The van der Waals surface area contributed by atoms with Crippen molar-refractivity contribution in [3.05, 3.63) is 22.8 Å². The fraction of sp³-hybridized carbons (Fsp3) is 0.611. The van der Waals surface area contributed by atoms with Gasteiger partial charge in [0.15, 0.2) is 0 Å². The summed E-state index contributed by atoms with van der Waals surface area (Å²) in [7, 11) is 1.70. The molecule has 4 rings (SSSR count). The van der Waals surface area contributed by atoms with Crippen LogP contribution in [-0.2, 0) is 0 Å². The lowest BCUT2D eigenvalue weighted by Gasteiger charge is -2.41. The average molecular weight is 378 g/mol. The highest BCUT2D eigenvalue weighted by Crippen LogP contribution is 2.47. The molecular formula is C18H24BrN3O. The topological polar surface area (TPSA) is 39.1 Å². The van der Waals surface area contributed by atoms with E-state index in [1.807, 2.05) is 6.07 Å². The van der Waals surface area contributed by atoms with Crippen LogP contribution in [0.25, 0.3) is 10.9 Å². The number of aromatic nitrogens is 2. The average Bonchev–Trinajstić information content (AvgIpc) is 3.13. The fourth-order valence-electron chi connectivity index (χ4n) is 4.61. The molecule has 5 heteroatoms. The molecule has 1 aliphatic carbocycles. The van der Waals surface area contributed by atoms with Crippen molar-refractivity contribution in [2.75, 3.05) is 20.2 Å². The Bertz CT molecular complexity index is 720. The van der Waals surface area contributed by atoms with E-state index in [-0.39, 0.29) is 0 Å². The fourth-order valence-corrected chi connectivity index (χ4v) is 5.13. The third-order valence-electron chi connectivity index (χ3n) is 5.85. The molecule has 0 unspecified atom stereocenters. The summed E-state index contributed by atoms with van der Waals surface area (Å²) >= 11 is 3.57. The van der Waals surface area contributed by atoms with Gasteiger partial charge in [-0.05, 0) is 65.6 Å². The highest BCUT2D eigenvalue weighted by atomic mass is 79.9. The van der Waals surface area contributed by atoms with E-state index in [4.69, 9.17) is 9.84 Å². The summed E-state index contributed by atoms with van der Waals surface area (Å²) in [6.07, 6.45) is 7.40. The minimum atomic E-state index is 0.512. The van der Waals surface area contributed by atoms with E-state index in [0.29, 0.717) is 17.4 Å². The number of ether oxygens (including phenoxy) is 1. The monoisotopic (exact) mass is 377 g/mol. The maximum Gasteiger partial charge on any atom is 0.135 e. The van der Waals surface area contributed by atoms with Crippen LogP contribution in [0.4, 0.5) is 0 Å². The lowest BCUT2D eigenvalue weighted by atomic mass is 9.67. The molecule has 1 aliphatic heterocycles. The van der Waals surface area contributed by atoms with Crippen LogP contribution in [-0.4, -0.2) is 30.0 Å². The lowest BCUT2D eigenvalue weighted by Crippen LogP contribution is -2.35. The van der Waals surface area contributed by atoms with Gasteiger partial charge in [0.05, 0.1) is 23.1 Å². The quantitative estimate of drug-likeness (QED) is 0.854. The molecule has 0 radical (unpaired) electrons. The Kier molecular flexibility index (Phi) is 3.88. The first-order chi connectivity index (χ1) is 11.1. The lowest BCUT2D eigenvalue weighted by molar-refractivity contribution is 0.111. The molecule has 1 spiro atoms. The number of fused-ring (bicyclic) bond motifs is 1. The molecular weight excluding hydrogens is 354 g/mol. The molecule has 1 aromatic heterocycles. The van der Waals surface area contributed by atoms with Crippen LogP contribution in [0.5, 0.6) is 5.75 Å². The summed E-state index contributed by atoms with van der Waals surface area (Å²) in [6.45, 7) is 4.79. The minimum absolute atomic E-state index is 0.512. The summed E-state index contributed by atoms with van der Waals surface area (Å²) in [5, 5.41) is 9.58. The third kappa shape index (κ3) is 2.68. The molecule has 1 N–H and O–H groups in total. The summed E-state index contributed by atoms with van der Waals surface area (Å²) < 4.78 is 8.58. The number of rotatable bonds is 2. The van der Waals surface area contributed by atoms with Crippen LogP contribution >= 0.6 is 15.9 Å². The predicted molar refractivity (Wildman–Crippen MR) is 96.0 cm³/mol. The zero-order valence-corrected chi connectivity index (χ0v) is 15.4.